The fraction of sp³-hybridized carbons (Fsp3) is 0.600. The molecular formula is C10H12O3. The predicted octanol–water partition coefficient (Wildman–Crippen LogP) is 1.29. The summed E-state index contributed by atoms with van der Waals surface area (Å²) in [4.78, 5) is 22.4. The predicted molar refractivity (Wildman–Crippen MR) is 45.6 cm³/mol. The molecule has 1 aliphatic heterocycles. The molecule has 2 rings (SSSR count). The zero-order valence-corrected chi connectivity index (χ0v) is 7.53. The maximum absolute atomic E-state index is 11.3. The number of ether oxygens (including phenoxy) is 1. The van der Waals surface area contributed by atoms with Crippen LogP contribution in [-0.2, 0) is 14.3 Å². The van der Waals surface area contributed by atoms with Gasteiger partial charge in [0.1, 0.15) is 0 Å². The number of fused-ring (bicyclic) bond motifs is 1. The van der Waals surface area contributed by atoms with Crippen molar-refractivity contribution in [1.82, 2.24) is 0 Å². The van der Waals surface area contributed by atoms with Gasteiger partial charge in [-0.2, -0.15) is 0 Å². The van der Waals surface area contributed by atoms with Crippen molar-refractivity contribution < 1.29 is 14.3 Å². The molecule has 1 heterocycles. The molecule has 0 aromatic rings. The van der Waals surface area contributed by atoms with Crippen molar-refractivity contribution in [2.45, 2.75) is 19.8 Å². The van der Waals surface area contributed by atoms with Crippen LogP contribution in [0.3, 0.4) is 0 Å². The molecule has 13 heavy (non-hydrogen) atoms. The topological polar surface area (TPSA) is 43.4 Å². The van der Waals surface area contributed by atoms with Crippen LogP contribution in [0.4, 0.5) is 0 Å². The van der Waals surface area contributed by atoms with Gasteiger partial charge >= 0.3 is 11.9 Å². The van der Waals surface area contributed by atoms with Gasteiger partial charge < -0.3 is 4.74 Å². The van der Waals surface area contributed by atoms with Crippen molar-refractivity contribution in [1.29, 1.82) is 0 Å². The SMILES string of the molecule is C/C=C\C1CC[C@H]2C(=O)OC(=O)[C@@H]12. The maximum atomic E-state index is 11.3. The summed E-state index contributed by atoms with van der Waals surface area (Å²) in [7, 11) is 0. The van der Waals surface area contributed by atoms with E-state index in [1.165, 1.54) is 0 Å². The van der Waals surface area contributed by atoms with Crippen molar-refractivity contribution in [3.63, 3.8) is 0 Å². The van der Waals surface area contributed by atoms with Gasteiger partial charge in [-0.1, -0.05) is 12.2 Å². The van der Waals surface area contributed by atoms with Gasteiger partial charge in [-0.25, -0.2) is 0 Å². The lowest BCUT2D eigenvalue weighted by Gasteiger charge is -2.08. The number of carbonyl (C=O) groups is 2. The Bertz CT molecular complexity index is 280. The van der Waals surface area contributed by atoms with Crippen LogP contribution < -0.4 is 0 Å². The third-order valence-electron chi connectivity index (χ3n) is 2.92. The second kappa shape index (κ2) is 2.98. The monoisotopic (exact) mass is 180 g/mol. The average Bonchev–Trinajstić information content (AvgIpc) is 2.58. The van der Waals surface area contributed by atoms with Crippen molar-refractivity contribution in [3.05, 3.63) is 12.2 Å². The van der Waals surface area contributed by atoms with E-state index in [2.05, 4.69) is 4.74 Å². The Kier molecular flexibility index (Phi) is 1.94. The molecule has 3 nitrogen and oxygen atoms in total. The Hall–Kier alpha value is -1.12. The second-order valence-electron chi connectivity index (χ2n) is 3.64. The summed E-state index contributed by atoms with van der Waals surface area (Å²) in [6.45, 7) is 1.93. The van der Waals surface area contributed by atoms with Gasteiger partial charge in [0.05, 0.1) is 11.8 Å². The van der Waals surface area contributed by atoms with Crippen LogP contribution in [0.25, 0.3) is 0 Å². The lowest BCUT2D eigenvalue weighted by atomic mass is 9.91. The Balaban J connectivity index is 2.22. The molecule has 3 heteroatoms. The van der Waals surface area contributed by atoms with E-state index in [9.17, 15) is 9.59 Å². The van der Waals surface area contributed by atoms with E-state index >= 15 is 0 Å². The number of hydrogen-bond donors (Lipinski definition) is 0. The largest absolute Gasteiger partial charge is 0.393 e. The highest BCUT2D eigenvalue weighted by Crippen LogP contribution is 2.43. The minimum absolute atomic E-state index is 0.159. The Morgan fingerprint density at radius 1 is 1.31 bits per heavy atom. The lowest BCUT2D eigenvalue weighted by molar-refractivity contribution is -0.154. The minimum Gasteiger partial charge on any atom is -0.393 e. The second-order valence-corrected chi connectivity index (χ2v) is 3.64. The van der Waals surface area contributed by atoms with Crippen LogP contribution in [0.1, 0.15) is 19.8 Å². The van der Waals surface area contributed by atoms with Crippen LogP contribution in [0.2, 0.25) is 0 Å². The zero-order chi connectivity index (χ0) is 9.42. The van der Waals surface area contributed by atoms with Gasteiger partial charge in [-0.05, 0) is 25.7 Å². The van der Waals surface area contributed by atoms with Crippen molar-refractivity contribution in [2.75, 3.05) is 0 Å². The fourth-order valence-electron chi connectivity index (χ4n) is 2.34. The molecule has 0 aromatic heterocycles. The molecule has 1 unspecified atom stereocenters. The molecule has 1 saturated heterocycles. The van der Waals surface area contributed by atoms with Crippen LogP contribution in [-0.4, -0.2) is 11.9 Å². The number of hydrogen-bond acceptors (Lipinski definition) is 3. The molecule has 3 atom stereocenters. The smallest absolute Gasteiger partial charge is 0.318 e. The summed E-state index contributed by atoms with van der Waals surface area (Å²) in [5.74, 6) is -0.774. The van der Waals surface area contributed by atoms with Crippen molar-refractivity contribution >= 4 is 11.9 Å². The minimum atomic E-state index is -0.324. The number of rotatable bonds is 1. The molecule has 0 spiro atoms. The molecule has 0 amide bonds. The van der Waals surface area contributed by atoms with Crippen LogP contribution in [0.15, 0.2) is 12.2 Å². The van der Waals surface area contributed by atoms with Gasteiger partial charge in [0.15, 0.2) is 0 Å². The first-order valence-corrected chi connectivity index (χ1v) is 4.62. The standard InChI is InChI=1S/C10H12O3/c1-2-3-6-4-5-7-8(6)10(12)13-9(7)11/h2-3,6-8H,4-5H2,1H3/b3-2-/t6?,7-,8+/m1/s1. The molecule has 2 aliphatic rings. The third kappa shape index (κ3) is 1.19. The van der Waals surface area contributed by atoms with Crippen LogP contribution in [0.5, 0.6) is 0 Å². The van der Waals surface area contributed by atoms with E-state index in [1.807, 2.05) is 19.1 Å². The quantitative estimate of drug-likeness (QED) is 0.347. The Morgan fingerprint density at radius 3 is 2.77 bits per heavy atom. The Morgan fingerprint density at radius 2 is 2.08 bits per heavy atom. The molecule has 0 N–H and O–H groups in total. The number of carbonyl (C=O) groups excluding carboxylic acids is 2. The highest BCUT2D eigenvalue weighted by atomic mass is 16.6. The molecule has 0 aromatic carbocycles. The first-order valence-electron chi connectivity index (χ1n) is 4.62. The van der Waals surface area contributed by atoms with Crippen molar-refractivity contribution in [3.8, 4) is 0 Å². The van der Waals surface area contributed by atoms with E-state index in [-0.39, 0.29) is 29.7 Å². The number of cyclic esters (lactones) is 2. The van der Waals surface area contributed by atoms with E-state index in [4.69, 9.17) is 0 Å². The summed E-state index contributed by atoms with van der Waals surface area (Å²) in [5, 5.41) is 0. The first kappa shape index (κ1) is 8.48. The van der Waals surface area contributed by atoms with Crippen LogP contribution >= 0.6 is 0 Å². The zero-order valence-electron chi connectivity index (χ0n) is 7.53. The summed E-state index contributed by atoms with van der Waals surface area (Å²) in [6, 6.07) is 0. The van der Waals surface area contributed by atoms with Crippen LogP contribution in [0, 0.1) is 17.8 Å². The Labute approximate surface area is 76.8 Å². The summed E-state index contributed by atoms with van der Waals surface area (Å²) in [5.41, 5.74) is 0. The molecule has 2 fully saturated rings. The lowest BCUT2D eigenvalue weighted by Crippen LogP contribution is -2.16. The number of allylic oxidation sites excluding steroid dienone is 2. The van der Waals surface area contributed by atoms with E-state index in [0.717, 1.165) is 12.8 Å². The summed E-state index contributed by atoms with van der Waals surface area (Å²) in [6.07, 6.45) is 5.67. The molecule has 1 aliphatic carbocycles. The summed E-state index contributed by atoms with van der Waals surface area (Å²) < 4.78 is 4.59. The highest BCUT2D eigenvalue weighted by Gasteiger charge is 2.51. The fourth-order valence-corrected chi connectivity index (χ4v) is 2.34. The first-order chi connectivity index (χ1) is 6.24. The normalized spacial score (nSPS) is 38.4. The maximum Gasteiger partial charge on any atom is 0.318 e. The highest BCUT2D eigenvalue weighted by molar-refractivity contribution is 5.97. The molecule has 70 valence electrons. The molecule has 0 radical (unpaired) electrons. The van der Waals surface area contributed by atoms with Gasteiger partial charge in [0.2, 0.25) is 0 Å². The van der Waals surface area contributed by atoms with E-state index < -0.39 is 0 Å². The average molecular weight is 180 g/mol. The molecule has 0 bridgehead atoms. The van der Waals surface area contributed by atoms with E-state index in [0.29, 0.717) is 0 Å². The van der Waals surface area contributed by atoms with E-state index in [1.54, 1.807) is 0 Å². The van der Waals surface area contributed by atoms with Gasteiger partial charge in [0.25, 0.3) is 0 Å². The molecule has 1 saturated carbocycles. The number of esters is 2. The van der Waals surface area contributed by atoms with Gasteiger partial charge in [-0.3, -0.25) is 9.59 Å². The molecular weight excluding hydrogens is 168 g/mol. The van der Waals surface area contributed by atoms with Gasteiger partial charge in [0, 0.05) is 0 Å². The summed E-state index contributed by atoms with van der Waals surface area (Å²) >= 11 is 0. The third-order valence-corrected chi connectivity index (χ3v) is 2.92. The van der Waals surface area contributed by atoms with Crippen molar-refractivity contribution in [2.24, 2.45) is 17.8 Å². The van der Waals surface area contributed by atoms with Gasteiger partial charge in [-0.15, -0.1) is 0 Å².